The maximum Gasteiger partial charge on any atom is 0.273 e. The lowest BCUT2D eigenvalue weighted by atomic mass is 10.2. The summed E-state index contributed by atoms with van der Waals surface area (Å²) in [4.78, 5) is 31.1. The van der Waals surface area contributed by atoms with E-state index in [1.54, 1.807) is 6.92 Å². The summed E-state index contributed by atoms with van der Waals surface area (Å²) in [7, 11) is 0. The molecule has 1 N–H and O–H groups in total. The van der Waals surface area contributed by atoms with Crippen molar-refractivity contribution < 1.29 is 9.72 Å². The largest absolute Gasteiger partial charge is 0.351 e. The Balaban J connectivity index is 4.40. The van der Waals surface area contributed by atoms with Gasteiger partial charge in [0.25, 0.3) is 5.91 Å². The van der Waals surface area contributed by atoms with Crippen molar-refractivity contribution in [2.45, 2.75) is 26.3 Å². The minimum Gasteiger partial charge on any atom is -0.351 e. The molecule has 0 rings (SSSR count). The van der Waals surface area contributed by atoms with E-state index in [9.17, 15) is 19.8 Å². The van der Waals surface area contributed by atoms with Gasteiger partial charge in [0.2, 0.25) is 6.04 Å². The summed E-state index contributed by atoms with van der Waals surface area (Å²) < 4.78 is 0. The molecule has 1 unspecified atom stereocenters. The molecule has 0 radical (unpaired) electrons. The second-order valence-corrected chi connectivity index (χ2v) is 2.91. The van der Waals surface area contributed by atoms with Gasteiger partial charge in [0.15, 0.2) is 5.70 Å². The van der Waals surface area contributed by atoms with Crippen LogP contribution < -0.4 is 5.32 Å². The monoisotopic (exact) mass is 215 g/mol. The van der Waals surface area contributed by atoms with E-state index >= 15 is 0 Å². The molecule has 1 atom stereocenters. The quantitative estimate of drug-likeness (QED) is 0.307. The van der Waals surface area contributed by atoms with Crippen molar-refractivity contribution >= 4 is 5.91 Å². The number of nitro groups is 1. The van der Waals surface area contributed by atoms with Crippen molar-refractivity contribution in [2.75, 3.05) is 6.54 Å². The van der Waals surface area contributed by atoms with Crippen molar-refractivity contribution in [2.24, 2.45) is 5.18 Å². The molecule has 0 saturated carbocycles. The van der Waals surface area contributed by atoms with Crippen LogP contribution in [0.4, 0.5) is 0 Å². The highest BCUT2D eigenvalue weighted by molar-refractivity contribution is 5.92. The molecule has 0 heterocycles. The number of carbonyl (C=O) groups excluding carboxylic acids is 1. The number of rotatable bonds is 6. The van der Waals surface area contributed by atoms with Crippen LogP contribution >= 0.6 is 0 Å². The summed E-state index contributed by atoms with van der Waals surface area (Å²) in [6.07, 6.45) is 1.18. The normalized spacial score (nSPS) is 13.1. The van der Waals surface area contributed by atoms with E-state index in [1.807, 2.05) is 0 Å². The summed E-state index contributed by atoms with van der Waals surface area (Å²) in [5.74, 6) is -0.608. The van der Waals surface area contributed by atoms with Crippen LogP contribution in [0, 0.1) is 15.0 Å². The third-order valence-electron chi connectivity index (χ3n) is 1.68. The van der Waals surface area contributed by atoms with E-state index in [2.05, 4.69) is 10.5 Å². The van der Waals surface area contributed by atoms with Gasteiger partial charge in [-0.1, -0.05) is 0 Å². The molecule has 0 aliphatic carbocycles. The van der Waals surface area contributed by atoms with Gasteiger partial charge in [0, 0.05) is 24.8 Å². The number of likely N-dealkylation sites (N-methyl/N-ethyl adjacent to an activating group) is 1. The fourth-order valence-electron chi connectivity index (χ4n) is 0.791. The van der Waals surface area contributed by atoms with E-state index in [0.29, 0.717) is 6.54 Å². The zero-order valence-corrected chi connectivity index (χ0v) is 8.60. The van der Waals surface area contributed by atoms with Crippen molar-refractivity contribution in [3.05, 3.63) is 26.8 Å². The first-order chi connectivity index (χ1) is 7.02. The molecule has 84 valence electrons. The minimum absolute atomic E-state index is 0.00517. The topological polar surface area (TPSA) is 102 Å². The molecule has 0 aliphatic rings. The molecule has 0 aromatic heterocycles. The smallest absolute Gasteiger partial charge is 0.273 e. The number of carbonyl (C=O) groups is 1. The van der Waals surface area contributed by atoms with Gasteiger partial charge in [-0.05, 0) is 18.2 Å². The van der Waals surface area contributed by atoms with Gasteiger partial charge in [-0.25, -0.2) is 0 Å². The van der Waals surface area contributed by atoms with E-state index in [4.69, 9.17) is 0 Å². The Morgan fingerprint density at radius 3 is 2.67 bits per heavy atom. The number of hydrogen-bond acceptors (Lipinski definition) is 5. The Hall–Kier alpha value is -1.79. The van der Waals surface area contributed by atoms with Gasteiger partial charge in [-0.2, -0.15) is 0 Å². The zero-order chi connectivity index (χ0) is 11.8. The lowest BCUT2D eigenvalue weighted by molar-refractivity contribution is -0.517. The highest BCUT2D eigenvalue weighted by Crippen LogP contribution is 2.03. The molecule has 0 bridgehead atoms. The second-order valence-electron chi connectivity index (χ2n) is 2.91. The zero-order valence-electron chi connectivity index (χ0n) is 8.60. The highest BCUT2D eigenvalue weighted by atomic mass is 16.6. The summed E-state index contributed by atoms with van der Waals surface area (Å²) in [5.41, 5.74) is -0.314. The van der Waals surface area contributed by atoms with Crippen LogP contribution in [0.5, 0.6) is 0 Å². The molecule has 7 nitrogen and oxygen atoms in total. The van der Waals surface area contributed by atoms with E-state index in [0.717, 1.165) is 0 Å². The van der Waals surface area contributed by atoms with Crippen LogP contribution in [0.2, 0.25) is 0 Å². The second kappa shape index (κ2) is 6.63. The third kappa shape index (κ3) is 4.84. The SMILES string of the molecule is CCNC(=O)C(=CCC(C)[N+](=O)[O-])N=O. The number of nitrogens with one attached hydrogen (secondary N) is 1. The van der Waals surface area contributed by atoms with E-state index in [-0.39, 0.29) is 12.1 Å². The van der Waals surface area contributed by atoms with Gasteiger partial charge in [-0.15, -0.1) is 4.91 Å². The first-order valence-electron chi connectivity index (χ1n) is 4.48. The van der Waals surface area contributed by atoms with Gasteiger partial charge >= 0.3 is 0 Å². The number of hydrogen-bond donors (Lipinski definition) is 1. The van der Waals surface area contributed by atoms with Crippen molar-refractivity contribution in [3.8, 4) is 0 Å². The average Bonchev–Trinajstić information content (AvgIpc) is 2.18. The van der Waals surface area contributed by atoms with Crippen molar-refractivity contribution in [3.63, 3.8) is 0 Å². The molecule has 0 aromatic rings. The minimum atomic E-state index is -0.837. The first kappa shape index (κ1) is 13.2. The molecule has 7 heteroatoms. The Morgan fingerprint density at radius 1 is 1.67 bits per heavy atom. The summed E-state index contributed by atoms with van der Waals surface area (Å²) >= 11 is 0. The predicted octanol–water partition coefficient (Wildman–Crippen LogP) is 0.828. The average molecular weight is 215 g/mol. The molecule has 0 spiro atoms. The van der Waals surface area contributed by atoms with Crippen molar-refractivity contribution in [1.82, 2.24) is 5.32 Å². The Bertz CT molecular complexity index is 288. The summed E-state index contributed by atoms with van der Waals surface area (Å²) in [5, 5.41) is 15.2. The predicted molar refractivity (Wildman–Crippen MR) is 53.6 cm³/mol. The van der Waals surface area contributed by atoms with Gasteiger partial charge in [0.1, 0.15) is 0 Å². The van der Waals surface area contributed by atoms with Gasteiger partial charge in [-0.3, -0.25) is 14.9 Å². The standard InChI is InChI=1S/C8H13N3O4/c1-3-9-8(12)7(10-13)5-4-6(2)11(14)15/h5-6H,3-4H2,1-2H3,(H,9,12). The molecular weight excluding hydrogens is 202 g/mol. The molecule has 0 saturated heterocycles. The Morgan fingerprint density at radius 2 is 2.27 bits per heavy atom. The maximum absolute atomic E-state index is 11.1. The molecule has 15 heavy (non-hydrogen) atoms. The lowest BCUT2D eigenvalue weighted by Crippen LogP contribution is -2.24. The van der Waals surface area contributed by atoms with Crippen LogP contribution in [0.15, 0.2) is 16.9 Å². The lowest BCUT2D eigenvalue weighted by Gasteiger charge is -2.01. The fraction of sp³-hybridized carbons (Fsp3) is 0.625. The van der Waals surface area contributed by atoms with E-state index in [1.165, 1.54) is 13.0 Å². The fourth-order valence-corrected chi connectivity index (χ4v) is 0.791. The number of nitrogens with zero attached hydrogens (tertiary/aromatic N) is 2. The van der Waals surface area contributed by atoms with Crippen LogP contribution in [0.25, 0.3) is 0 Å². The van der Waals surface area contributed by atoms with Crippen LogP contribution in [0.3, 0.4) is 0 Å². The van der Waals surface area contributed by atoms with Crippen molar-refractivity contribution in [1.29, 1.82) is 0 Å². The Kier molecular flexibility index (Phi) is 5.84. The summed E-state index contributed by atoms with van der Waals surface area (Å²) in [6, 6.07) is -0.837. The van der Waals surface area contributed by atoms with Gasteiger partial charge in [0.05, 0.1) is 0 Å². The first-order valence-corrected chi connectivity index (χ1v) is 4.48. The summed E-state index contributed by atoms with van der Waals surface area (Å²) in [6.45, 7) is 3.45. The molecule has 0 aliphatic heterocycles. The van der Waals surface area contributed by atoms with E-state index < -0.39 is 16.9 Å². The molecule has 0 fully saturated rings. The highest BCUT2D eigenvalue weighted by Gasteiger charge is 2.14. The molecular formula is C8H13N3O4. The molecule has 0 aromatic carbocycles. The van der Waals surface area contributed by atoms with Crippen LogP contribution in [-0.4, -0.2) is 23.4 Å². The van der Waals surface area contributed by atoms with Crippen LogP contribution in [0.1, 0.15) is 20.3 Å². The molecule has 1 amide bonds. The maximum atomic E-state index is 11.1. The third-order valence-corrected chi connectivity index (χ3v) is 1.68. The van der Waals surface area contributed by atoms with Gasteiger partial charge < -0.3 is 5.32 Å². The number of nitroso groups, excluding NO2 is 1. The Labute approximate surface area is 86.7 Å². The van der Waals surface area contributed by atoms with Crippen LogP contribution in [-0.2, 0) is 4.79 Å². The number of amides is 1.